The number of carbonyl (C=O) groups excluding carboxylic acids is 1. The molecule has 19 heavy (non-hydrogen) atoms. The molecule has 0 spiro atoms. The highest BCUT2D eigenvalue weighted by molar-refractivity contribution is 6.34. The smallest absolute Gasteiger partial charge is 0.337 e. The molecule has 0 amide bonds. The first-order valence-electron chi connectivity index (χ1n) is 5.42. The summed E-state index contributed by atoms with van der Waals surface area (Å²) in [4.78, 5) is 23.1. The van der Waals surface area contributed by atoms with Crippen molar-refractivity contribution >= 4 is 29.0 Å². The van der Waals surface area contributed by atoms with Gasteiger partial charge in [0.1, 0.15) is 0 Å². The maximum atomic E-state index is 12.2. The van der Waals surface area contributed by atoms with Gasteiger partial charge in [0.05, 0.1) is 10.6 Å². The second-order valence-corrected chi connectivity index (χ2v) is 4.33. The van der Waals surface area contributed by atoms with Crippen LogP contribution < -0.4 is 5.73 Å². The summed E-state index contributed by atoms with van der Waals surface area (Å²) in [6.45, 7) is 0. The number of aromatic carboxylic acids is 1. The van der Waals surface area contributed by atoms with Crippen molar-refractivity contribution in [3.8, 4) is 0 Å². The van der Waals surface area contributed by atoms with Crippen LogP contribution in [0.5, 0.6) is 0 Å². The summed E-state index contributed by atoms with van der Waals surface area (Å²) in [6, 6.07) is 11.0. The molecule has 0 heterocycles. The first-order chi connectivity index (χ1) is 9.00. The van der Waals surface area contributed by atoms with E-state index >= 15 is 0 Å². The zero-order chi connectivity index (χ0) is 14.0. The van der Waals surface area contributed by atoms with Crippen molar-refractivity contribution in [1.29, 1.82) is 0 Å². The number of hydrogen-bond donors (Lipinski definition) is 2. The number of benzene rings is 2. The van der Waals surface area contributed by atoms with Gasteiger partial charge >= 0.3 is 5.97 Å². The Bertz CT molecular complexity index is 653. The van der Waals surface area contributed by atoms with Crippen LogP contribution in [0, 0.1) is 0 Å². The van der Waals surface area contributed by atoms with E-state index in [1.165, 1.54) is 12.1 Å². The second-order valence-electron chi connectivity index (χ2n) is 3.92. The molecule has 2 rings (SSSR count). The lowest BCUT2D eigenvalue weighted by atomic mass is 10.00. The first-order valence-corrected chi connectivity index (χ1v) is 5.80. The fourth-order valence-electron chi connectivity index (χ4n) is 1.70. The maximum absolute atomic E-state index is 12.2. The fourth-order valence-corrected chi connectivity index (χ4v) is 1.94. The van der Waals surface area contributed by atoms with Crippen molar-refractivity contribution in [2.75, 3.05) is 5.73 Å². The van der Waals surface area contributed by atoms with Crippen LogP contribution in [0.15, 0.2) is 42.5 Å². The minimum Gasteiger partial charge on any atom is -0.478 e. The lowest BCUT2D eigenvalue weighted by Crippen LogP contribution is -2.08. The highest BCUT2D eigenvalue weighted by Crippen LogP contribution is 2.25. The van der Waals surface area contributed by atoms with Crippen molar-refractivity contribution in [3.63, 3.8) is 0 Å². The van der Waals surface area contributed by atoms with E-state index in [0.29, 0.717) is 5.56 Å². The molecule has 5 heteroatoms. The van der Waals surface area contributed by atoms with Crippen LogP contribution >= 0.6 is 11.6 Å². The summed E-state index contributed by atoms with van der Waals surface area (Å²) in [5.74, 6) is -1.48. The van der Waals surface area contributed by atoms with Crippen LogP contribution in [0.2, 0.25) is 5.02 Å². The van der Waals surface area contributed by atoms with Gasteiger partial charge in [0.2, 0.25) is 0 Å². The summed E-state index contributed by atoms with van der Waals surface area (Å²) in [5, 5.41) is 8.90. The van der Waals surface area contributed by atoms with Gasteiger partial charge in [0, 0.05) is 16.8 Å². The predicted molar refractivity (Wildman–Crippen MR) is 72.7 cm³/mol. The Balaban J connectivity index is 2.50. The van der Waals surface area contributed by atoms with E-state index in [9.17, 15) is 9.59 Å². The Labute approximate surface area is 114 Å². The number of ketones is 1. The number of rotatable bonds is 3. The lowest BCUT2D eigenvalue weighted by molar-refractivity contribution is 0.0696. The molecule has 0 unspecified atom stereocenters. The van der Waals surface area contributed by atoms with Crippen LogP contribution in [0.3, 0.4) is 0 Å². The van der Waals surface area contributed by atoms with E-state index in [2.05, 4.69) is 0 Å². The van der Waals surface area contributed by atoms with Gasteiger partial charge < -0.3 is 10.8 Å². The summed E-state index contributed by atoms with van der Waals surface area (Å²) in [5.41, 5.74) is 6.36. The number of nitrogen functional groups attached to an aromatic ring is 1. The first kappa shape index (κ1) is 13.1. The SMILES string of the molecule is Nc1cc(C(=O)O)c(Cl)cc1C(=O)c1ccccc1. The summed E-state index contributed by atoms with van der Waals surface area (Å²) in [7, 11) is 0. The molecule has 0 aromatic heterocycles. The number of hydrogen-bond acceptors (Lipinski definition) is 3. The minimum atomic E-state index is -1.18. The van der Waals surface area contributed by atoms with E-state index in [4.69, 9.17) is 22.4 Å². The van der Waals surface area contributed by atoms with Gasteiger partial charge in [0.25, 0.3) is 0 Å². The van der Waals surface area contributed by atoms with E-state index in [-0.39, 0.29) is 27.6 Å². The van der Waals surface area contributed by atoms with Gasteiger partial charge in [-0.25, -0.2) is 4.79 Å². The van der Waals surface area contributed by atoms with Gasteiger partial charge in [-0.1, -0.05) is 41.9 Å². The van der Waals surface area contributed by atoms with Gasteiger partial charge in [0.15, 0.2) is 5.78 Å². The molecule has 0 aliphatic carbocycles. The quantitative estimate of drug-likeness (QED) is 0.667. The van der Waals surface area contributed by atoms with Crippen molar-refractivity contribution in [2.45, 2.75) is 0 Å². The number of halogens is 1. The Morgan fingerprint density at radius 3 is 2.26 bits per heavy atom. The standard InChI is InChI=1S/C14H10ClNO3/c15-11-6-10(12(16)7-9(11)14(18)19)13(17)8-4-2-1-3-5-8/h1-7H,16H2,(H,18,19). The zero-order valence-corrected chi connectivity index (χ0v) is 10.5. The van der Waals surface area contributed by atoms with Gasteiger partial charge in [-0.15, -0.1) is 0 Å². The normalized spacial score (nSPS) is 10.2. The Kier molecular flexibility index (Phi) is 3.53. The van der Waals surface area contributed by atoms with Crippen LogP contribution in [0.1, 0.15) is 26.3 Å². The van der Waals surface area contributed by atoms with Crippen molar-refractivity contribution in [1.82, 2.24) is 0 Å². The maximum Gasteiger partial charge on any atom is 0.337 e. The molecule has 4 nitrogen and oxygen atoms in total. The van der Waals surface area contributed by atoms with Crippen LogP contribution in [-0.4, -0.2) is 16.9 Å². The monoisotopic (exact) mass is 275 g/mol. The van der Waals surface area contributed by atoms with Gasteiger partial charge in [-0.2, -0.15) is 0 Å². The lowest BCUT2D eigenvalue weighted by Gasteiger charge is -2.08. The molecule has 0 bridgehead atoms. The largest absolute Gasteiger partial charge is 0.478 e. The van der Waals surface area contributed by atoms with E-state index in [1.54, 1.807) is 30.3 Å². The van der Waals surface area contributed by atoms with E-state index in [1.807, 2.05) is 0 Å². The molecule has 0 atom stereocenters. The molecule has 0 aliphatic heterocycles. The molecule has 0 saturated carbocycles. The number of carboxylic acid groups (broad SMARTS) is 1. The Morgan fingerprint density at radius 1 is 1.05 bits per heavy atom. The van der Waals surface area contributed by atoms with E-state index in [0.717, 1.165) is 0 Å². The highest BCUT2D eigenvalue weighted by Gasteiger charge is 2.17. The van der Waals surface area contributed by atoms with Crippen molar-refractivity contribution in [3.05, 3.63) is 64.2 Å². The topological polar surface area (TPSA) is 80.4 Å². The number of carboxylic acids is 1. The van der Waals surface area contributed by atoms with Crippen LogP contribution in [0.25, 0.3) is 0 Å². The molecule has 0 radical (unpaired) electrons. The molecule has 0 fully saturated rings. The average Bonchev–Trinajstić information content (AvgIpc) is 2.41. The Morgan fingerprint density at radius 2 is 1.68 bits per heavy atom. The third kappa shape index (κ3) is 2.58. The number of nitrogens with two attached hydrogens (primary N) is 1. The molecular formula is C14H10ClNO3. The zero-order valence-electron chi connectivity index (χ0n) is 9.76. The fraction of sp³-hybridized carbons (Fsp3) is 0. The summed E-state index contributed by atoms with van der Waals surface area (Å²) < 4.78 is 0. The van der Waals surface area contributed by atoms with Gasteiger partial charge in [-0.3, -0.25) is 4.79 Å². The van der Waals surface area contributed by atoms with Crippen molar-refractivity contribution < 1.29 is 14.7 Å². The van der Waals surface area contributed by atoms with Crippen LogP contribution in [0.4, 0.5) is 5.69 Å². The van der Waals surface area contributed by atoms with E-state index < -0.39 is 5.97 Å². The van der Waals surface area contributed by atoms with Crippen molar-refractivity contribution in [2.24, 2.45) is 0 Å². The Hall–Kier alpha value is -2.33. The number of carbonyl (C=O) groups is 2. The summed E-state index contributed by atoms with van der Waals surface area (Å²) in [6.07, 6.45) is 0. The molecule has 3 N–H and O–H groups in total. The predicted octanol–water partition coefficient (Wildman–Crippen LogP) is 2.85. The minimum absolute atomic E-state index is 0.0130. The molecular weight excluding hydrogens is 266 g/mol. The molecule has 2 aromatic rings. The summed E-state index contributed by atoms with van der Waals surface area (Å²) >= 11 is 5.84. The van der Waals surface area contributed by atoms with Crippen LogP contribution in [-0.2, 0) is 0 Å². The molecule has 2 aromatic carbocycles. The third-order valence-corrected chi connectivity index (χ3v) is 2.96. The third-order valence-electron chi connectivity index (χ3n) is 2.65. The molecule has 0 saturated heterocycles. The average molecular weight is 276 g/mol. The van der Waals surface area contributed by atoms with Gasteiger partial charge in [-0.05, 0) is 12.1 Å². The number of anilines is 1. The second kappa shape index (κ2) is 5.12. The molecule has 96 valence electrons. The highest BCUT2D eigenvalue weighted by atomic mass is 35.5. The molecule has 0 aliphatic rings.